The Morgan fingerprint density at radius 1 is 1.08 bits per heavy atom. The Labute approximate surface area is 153 Å². The number of hydrogen-bond acceptors (Lipinski definition) is 4. The lowest BCUT2D eigenvalue weighted by atomic mass is 9.99. The van der Waals surface area contributed by atoms with Crippen molar-refractivity contribution in [3.05, 3.63) is 54.2 Å². The maximum absolute atomic E-state index is 12.8. The molecule has 1 N–H and O–H groups in total. The van der Waals surface area contributed by atoms with E-state index in [1.54, 1.807) is 6.20 Å². The Kier molecular flexibility index (Phi) is 5.02. The first kappa shape index (κ1) is 16.8. The summed E-state index contributed by atoms with van der Waals surface area (Å²) < 4.78 is 5.41. The third-order valence-corrected chi connectivity index (χ3v) is 5.09. The van der Waals surface area contributed by atoms with Crippen molar-refractivity contribution in [3.8, 4) is 0 Å². The average Bonchev–Trinajstić information content (AvgIpc) is 3.20. The molecule has 1 aromatic carbocycles. The second-order valence-electron chi connectivity index (χ2n) is 6.75. The molecule has 6 heteroatoms. The van der Waals surface area contributed by atoms with E-state index >= 15 is 0 Å². The van der Waals surface area contributed by atoms with Gasteiger partial charge in [0.2, 0.25) is 0 Å². The van der Waals surface area contributed by atoms with Gasteiger partial charge in [-0.25, -0.2) is 9.78 Å². The van der Waals surface area contributed by atoms with E-state index in [9.17, 15) is 4.79 Å². The van der Waals surface area contributed by atoms with E-state index in [2.05, 4.69) is 39.5 Å². The summed E-state index contributed by atoms with van der Waals surface area (Å²) in [6.07, 6.45) is 2.77. The van der Waals surface area contributed by atoms with Crippen molar-refractivity contribution in [1.82, 2.24) is 9.88 Å². The number of nitrogens with one attached hydrogen (secondary N) is 1. The Balaban J connectivity index is 1.42. The van der Waals surface area contributed by atoms with Gasteiger partial charge in [0.15, 0.2) is 5.82 Å². The van der Waals surface area contributed by atoms with E-state index in [0.717, 1.165) is 44.1 Å². The Morgan fingerprint density at radius 2 is 1.88 bits per heavy atom. The number of carbonyl (C=O) groups is 1. The van der Waals surface area contributed by atoms with Crippen molar-refractivity contribution in [2.45, 2.75) is 12.3 Å². The van der Waals surface area contributed by atoms with Crippen molar-refractivity contribution in [3.63, 3.8) is 0 Å². The lowest BCUT2D eigenvalue weighted by Crippen LogP contribution is -2.38. The first-order valence-electron chi connectivity index (χ1n) is 9.20. The third kappa shape index (κ3) is 3.65. The second-order valence-corrected chi connectivity index (χ2v) is 6.75. The molecule has 4 rings (SSSR count). The minimum absolute atomic E-state index is 0.0501. The van der Waals surface area contributed by atoms with E-state index in [4.69, 9.17) is 4.74 Å². The number of pyridine rings is 1. The highest BCUT2D eigenvalue weighted by molar-refractivity contribution is 5.92. The smallest absolute Gasteiger partial charge is 0.321 e. The van der Waals surface area contributed by atoms with Crippen LogP contribution in [0.4, 0.5) is 16.3 Å². The number of anilines is 2. The molecular formula is C20H24N4O2. The molecule has 136 valence electrons. The molecule has 0 spiro atoms. The zero-order chi connectivity index (χ0) is 17.8. The van der Waals surface area contributed by atoms with Crippen LogP contribution in [0.1, 0.15) is 17.9 Å². The number of likely N-dealkylation sites (tertiary alicyclic amines) is 1. The maximum atomic E-state index is 12.8. The summed E-state index contributed by atoms with van der Waals surface area (Å²) in [4.78, 5) is 21.3. The van der Waals surface area contributed by atoms with Crippen LogP contribution in [-0.2, 0) is 4.74 Å². The quantitative estimate of drug-likeness (QED) is 0.923. The maximum Gasteiger partial charge on any atom is 0.321 e. The van der Waals surface area contributed by atoms with Gasteiger partial charge in [0.05, 0.1) is 18.9 Å². The molecule has 2 aromatic rings. The first-order chi connectivity index (χ1) is 12.8. The number of aromatic nitrogens is 1. The van der Waals surface area contributed by atoms with Gasteiger partial charge in [-0.2, -0.15) is 0 Å². The number of carbonyl (C=O) groups excluding carboxylic acids is 1. The zero-order valence-corrected chi connectivity index (χ0v) is 14.8. The minimum atomic E-state index is -0.0501. The van der Waals surface area contributed by atoms with Crippen LogP contribution in [0.5, 0.6) is 0 Å². The molecule has 0 aliphatic carbocycles. The number of benzene rings is 1. The van der Waals surface area contributed by atoms with Crippen LogP contribution in [0.15, 0.2) is 48.7 Å². The lowest BCUT2D eigenvalue weighted by molar-refractivity contribution is 0.122. The van der Waals surface area contributed by atoms with Crippen LogP contribution in [0.25, 0.3) is 0 Å². The van der Waals surface area contributed by atoms with E-state index < -0.39 is 0 Å². The lowest BCUT2D eigenvalue weighted by Gasteiger charge is -2.29. The SMILES string of the molecule is O=C(Nc1cccnc1N1CCOCC1)N1CCC(c2ccccc2)C1. The Hall–Kier alpha value is -2.60. The van der Waals surface area contributed by atoms with Gasteiger partial charge in [-0.05, 0) is 24.1 Å². The molecule has 0 radical (unpaired) electrons. The summed E-state index contributed by atoms with van der Waals surface area (Å²) in [7, 11) is 0. The van der Waals surface area contributed by atoms with Gasteiger partial charge in [0, 0.05) is 38.3 Å². The van der Waals surface area contributed by atoms with Gasteiger partial charge < -0.3 is 19.9 Å². The normalized spacial score (nSPS) is 20.2. The Morgan fingerprint density at radius 3 is 2.69 bits per heavy atom. The standard InChI is InChI=1S/C20H24N4O2/c25-20(24-10-8-17(15-24)16-5-2-1-3-6-16)22-18-7-4-9-21-19(18)23-11-13-26-14-12-23/h1-7,9,17H,8,10-15H2,(H,22,25). The first-order valence-corrected chi connectivity index (χ1v) is 9.20. The largest absolute Gasteiger partial charge is 0.378 e. The summed E-state index contributed by atoms with van der Waals surface area (Å²) in [5.74, 6) is 1.23. The fourth-order valence-corrected chi connectivity index (χ4v) is 3.66. The number of nitrogens with zero attached hydrogens (tertiary/aromatic N) is 3. The molecule has 1 atom stereocenters. The van der Waals surface area contributed by atoms with Crippen LogP contribution >= 0.6 is 0 Å². The van der Waals surface area contributed by atoms with Gasteiger partial charge >= 0.3 is 6.03 Å². The predicted octanol–water partition coefficient (Wildman–Crippen LogP) is 2.94. The van der Waals surface area contributed by atoms with Crippen LogP contribution in [0.2, 0.25) is 0 Å². The highest BCUT2D eigenvalue weighted by Crippen LogP contribution is 2.29. The van der Waals surface area contributed by atoms with Gasteiger partial charge in [-0.3, -0.25) is 0 Å². The van der Waals surface area contributed by atoms with Gasteiger partial charge in [-0.15, -0.1) is 0 Å². The molecule has 3 heterocycles. The molecule has 2 aliphatic heterocycles. The zero-order valence-electron chi connectivity index (χ0n) is 14.8. The van der Waals surface area contributed by atoms with Gasteiger partial charge in [0.25, 0.3) is 0 Å². The fraction of sp³-hybridized carbons (Fsp3) is 0.400. The number of ether oxygens (including phenoxy) is 1. The summed E-state index contributed by atoms with van der Waals surface area (Å²) in [5.41, 5.74) is 2.07. The molecular weight excluding hydrogens is 328 g/mol. The minimum Gasteiger partial charge on any atom is -0.378 e. The molecule has 1 unspecified atom stereocenters. The monoisotopic (exact) mass is 352 g/mol. The van der Waals surface area contributed by atoms with Gasteiger partial charge in [-0.1, -0.05) is 30.3 Å². The highest BCUT2D eigenvalue weighted by Gasteiger charge is 2.28. The molecule has 1 aromatic heterocycles. The number of hydrogen-bond donors (Lipinski definition) is 1. The van der Waals surface area contributed by atoms with Crippen LogP contribution in [-0.4, -0.2) is 55.3 Å². The van der Waals surface area contributed by atoms with Crippen molar-refractivity contribution in [1.29, 1.82) is 0 Å². The number of amides is 2. The number of rotatable bonds is 3. The average molecular weight is 352 g/mol. The summed E-state index contributed by atoms with van der Waals surface area (Å²) >= 11 is 0. The van der Waals surface area contributed by atoms with Crippen LogP contribution in [0.3, 0.4) is 0 Å². The molecule has 2 fully saturated rings. The van der Waals surface area contributed by atoms with Crippen LogP contribution in [0, 0.1) is 0 Å². The number of morpholine rings is 1. The molecule has 0 saturated carbocycles. The molecule has 2 amide bonds. The molecule has 6 nitrogen and oxygen atoms in total. The van der Waals surface area contributed by atoms with E-state index in [-0.39, 0.29) is 6.03 Å². The second kappa shape index (κ2) is 7.74. The third-order valence-electron chi connectivity index (χ3n) is 5.09. The molecule has 2 saturated heterocycles. The summed E-state index contributed by atoms with van der Waals surface area (Å²) in [6.45, 7) is 4.49. The molecule has 0 bridgehead atoms. The van der Waals surface area contributed by atoms with E-state index in [1.807, 2.05) is 23.1 Å². The molecule has 2 aliphatic rings. The van der Waals surface area contributed by atoms with Crippen molar-refractivity contribution < 1.29 is 9.53 Å². The fourth-order valence-electron chi connectivity index (χ4n) is 3.66. The summed E-state index contributed by atoms with van der Waals surface area (Å²) in [6, 6.07) is 14.2. The molecule has 26 heavy (non-hydrogen) atoms. The van der Waals surface area contributed by atoms with Gasteiger partial charge in [0.1, 0.15) is 0 Å². The topological polar surface area (TPSA) is 57.7 Å². The van der Waals surface area contributed by atoms with E-state index in [0.29, 0.717) is 19.1 Å². The van der Waals surface area contributed by atoms with E-state index in [1.165, 1.54) is 5.56 Å². The van der Waals surface area contributed by atoms with Crippen molar-refractivity contribution >= 4 is 17.5 Å². The highest BCUT2D eigenvalue weighted by atomic mass is 16.5. The Bertz CT molecular complexity index is 746. The van der Waals surface area contributed by atoms with Crippen LogP contribution < -0.4 is 10.2 Å². The summed E-state index contributed by atoms with van der Waals surface area (Å²) in [5, 5.41) is 3.06. The number of urea groups is 1. The van der Waals surface area contributed by atoms with Crippen molar-refractivity contribution in [2.75, 3.05) is 49.6 Å². The predicted molar refractivity (Wildman–Crippen MR) is 102 cm³/mol. The van der Waals surface area contributed by atoms with Crippen molar-refractivity contribution in [2.24, 2.45) is 0 Å².